The maximum atomic E-state index is 12.5. The van der Waals surface area contributed by atoms with Gasteiger partial charge in [-0.1, -0.05) is 0 Å². The summed E-state index contributed by atoms with van der Waals surface area (Å²) in [6.45, 7) is 4.34. The molecule has 0 saturated carbocycles. The Kier molecular flexibility index (Phi) is 6.42. The van der Waals surface area contributed by atoms with E-state index in [-0.39, 0.29) is 18.3 Å². The lowest BCUT2D eigenvalue weighted by molar-refractivity contribution is -0.116. The van der Waals surface area contributed by atoms with E-state index in [1.807, 2.05) is 24.5 Å². The quantitative estimate of drug-likeness (QED) is 0.620. The zero-order valence-corrected chi connectivity index (χ0v) is 16.0. The Morgan fingerprint density at radius 3 is 3.15 bits per heavy atom. The van der Waals surface area contributed by atoms with E-state index in [4.69, 9.17) is 0 Å². The molecule has 9 heteroatoms. The third-order valence-electron chi connectivity index (χ3n) is 4.47. The summed E-state index contributed by atoms with van der Waals surface area (Å²) < 4.78 is 0. The lowest BCUT2D eigenvalue weighted by Gasteiger charge is -2.27. The predicted molar refractivity (Wildman–Crippen MR) is 109 cm³/mol. The molecular weight excluding hydrogens is 372 g/mol. The molecule has 26 heavy (non-hydrogen) atoms. The van der Waals surface area contributed by atoms with E-state index < -0.39 is 0 Å². The third kappa shape index (κ3) is 4.15. The van der Waals surface area contributed by atoms with Gasteiger partial charge in [-0.2, -0.15) is 0 Å². The fraction of sp³-hybridized carbons (Fsp3) is 0.412. The average Bonchev–Trinajstić information content (AvgIpc) is 3.16. The highest BCUT2D eigenvalue weighted by atomic mass is 35.5. The van der Waals surface area contributed by atoms with Crippen molar-refractivity contribution in [2.45, 2.75) is 6.04 Å². The highest BCUT2D eigenvalue weighted by Crippen LogP contribution is 2.30. The second kappa shape index (κ2) is 8.77. The first-order valence-corrected chi connectivity index (χ1v) is 9.55. The average molecular weight is 395 g/mol. The Hall–Kier alpha value is -1.74. The molecule has 2 aromatic heterocycles. The van der Waals surface area contributed by atoms with Gasteiger partial charge in [-0.3, -0.25) is 4.79 Å². The number of carbonyl (C=O) groups excluding carboxylic acids is 1. The molecule has 1 saturated heterocycles. The van der Waals surface area contributed by atoms with Crippen molar-refractivity contribution in [2.24, 2.45) is 0 Å². The van der Waals surface area contributed by atoms with Crippen LogP contribution < -0.4 is 20.9 Å². The number of carbonyl (C=O) groups is 1. The second-order valence-corrected chi connectivity index (χ2v) is 7.31. The molecule has 0 bridgehead atoms. The van der Waals surface area contributed by atoms with E-state index in [0.29, 0.717) is 12.6 Å². The number of pyridine rings is 1. The Morgan fingerprint density at radius 2 is 2.31 bits per heavy atom. The number of piperazine rings is 1. The van der Waals surface area contributed by atoms with E-state index >= 15 is 0 Å². The van der Waals surface area contributed by atoms with Gasteiger partial charge in [0.2, 0.25) is 0 Å². The van der Waals surface area contributed by atoms with Crippen molar-refractivity contribution in [2.75, 3.05) is 43.4 Å². The van der Waals surface area contributed by atoms with Crippen LogP contribution in [0.25, 0.3) is 11.0 Å². The van der Waals surface area contributed by atoms with Crippen LogP contribution in [0.15, 0.2) is 35.6 Å². The summed E-state index contributed by atoms with van der Waals surface area (Å²) in [5.41, 5.74) is 1.95. The number of fused-ring (bicyclic) bond motifs is 1. The van der Waals surface area contributed by atoms with E-state index in [1.165, 1.54) is 0 Å². The van der Waals surface area contributed by atoms with Gasteiger partial charge < -0.3 is 25.8 Å². The van der Waals surface area contributed by atoms with Crippen LogP contribution in [0.4, 0.5) is 5.69 Å². The van der Waals surface area contributed by atoms with Gasteiger partial charge in [0.05, 0.1) is 10.6 Å². The summed E-state index contributed by atoms with van der Waals surface area (Å²) in [4.78, 5) is 22.9. The molecule has 1 unspecified atom stereocenters. The Morgan fingerprint density at radius 1 is 1.38 bits per heavy atom. The van der Waals surface area contributed by atoms with Gasteiger partial charge in [-0.25, -0.2) is 4.98 Å². The van der Waals surface area contributed by atoms with E-state index in [2.05, 4.69) is 30.8 Å². The van der Waals surface area contributed by atoms with Gasteiger partial charge in [-0.15, -0.1) is 24.2 Å². The molecule has 0 aromatic carbocycles. The minimum atomic E-state index is 0. The minimum Gasteiger partial charge on any atom is -0.350 e. The maximum absolute atomic E-state index is 12.5. The molecule has 1 fully saturated rings. The van der Waals surface area contributed by atoms with Gasteiger partial charge in [-0.05, 0) is 12.1 Å². The summed E-state index contributed by atoms with van der Waals surface area (Å²) in [5.74, 6) is 0.887. The molecule has 2 aromatic rings. The van der Waals surface area contributed by atoms with Crippen LogP contribution in [0.2, 0.25) is 0 Å². The topological polar surface area (TPSA) is 85.1 Å². The minimum absolute atomic E-state index is 0. The Labute approximate surface area is 162 Å². The molecule has 2 aliphatic heterocycles. The summed E-state index contributed by atoms with van der Waals surface area (Å²) in [6.07, 6.45) is 5.64. The molecule has 4 N–H and O–H groups in total. The van der Waals surface area contributed by atoms with E-state index in [9.17, 15) is 4.79 Å². The smallest absolute Gasteiger partial charge is 0.259 e. The fourth-order valence-corrected chi connectivity index (χ4v) is 4.08. The van der Waals surface area contributed by atoms with Crippen molar-refractivity contribution in [3.8, 4) is 0 Å². The molecule has 1 amide bonds. The molecule has 0 aliphatic carbocycles. The summed E-state index contributed by atoms with van der Waals surface area (Å²) in [5, 5.41) is 10.9. The van der Waals surface area contributed by atoms with Crippen LogP contribution in [0.5, 0.6) is 0 Å². The van der Waals surface area contributed by atoms with E-state index in [1.54, 1.807) is 18.0 Å². The molecular formula is C17H23ClN6OS. The van der Waals surface area contributed by atoms with E-state index in [0.717, 1.165) is 53.6 Å². The number of aromatic nitrogens is 2. The first kappa shape index (κ1) is 19.0. The summed E-state index contributed by atoms with van der Waals surface area (Å²) >= 11 is 1.61. The number of hydrogen-bond donors (Lipinski definition) is 4. The van der Waals surface area contributed by atoms with Gasteiger partial charge >= 0.3 is 0 Å². The number of amides is 1. The van der Waals surface area contributed by atoms with Crippen LogP contribution in [0.3, 0.4) is 0 Å². The molecule has 140 valence electrons. The molecule has 2 aliphatic rings. The molecule has 0 spiro atoms. The highest BCUT2D eigenvalue weighted by Gasteiger charge is 2.21. The third-order valence-corrected chi connectivity index (χ3v) is 5.46. The van der Waals surface area contributed by atoms with Crippen molar-refractivity contribution in [3.05, 3.63) is 35.6 Å². The highest BCUT2D eigenvalue weighted by molar-refractivity contribution is 8.04. The predicted octanol–water partition coefficient (Wildman–Crippen LogP) is 1.06. The Bertz CT molecular complexity index is 788. The fourth-order valence-electron chi connectivity index (χ4n) is 3.17. The molecule has 1 atom stereocenters. The molecule has 4 rings (SSSR count). The summed E-state index contributed by atoms with van der Waals surface area (Å²) in [6, 6.07) is 4.31. The van der Waals surface area contributed by atoms with Crippen molar-refractivity contribution in [3.63, 3.8) is 0 Å². The molecule has 4 heterocycles. The van der Waals surface area contributed by atoms with Crippen LogP contribution >= 0.6 is 24.2 Å². The van der Waals surface area contributed by atoms with Crippen molar-refractivity contribution in [1.29, 1.82) is 0 Å². The van der Waals surface area contributed by atoms with Crippen LogP contribution in [-0.2, 0) is 4.79 Å². The molecule has 0 radical (unpaired) electrons. The molecule has 7 nitrogen and oxygen atoms in total. The first-order chi connectivity index (χ1) is 12.3. The number of anilines is 1. The maximum Gasteiger partial charge on any atom is 0.259 e. The SMILES string of the molecule is Cl.O=C(NCC1CNCCN1)C1=CN(c2ccnc3[nH]ccc23)CCS1. The number of nitrogens with zero attached hydrogens (tertiary/aromatic N) is 2. The number of rotatable bonds is 4. The number of thioether (sulfide) groups is 1. The lowest BCUT2D eigenvalue weighted by Crippen LogP contribution is -2.53. The van der Waals surface area contributed by atoms with Gasteiger partial charge in [0, 0.05) is 68.5 Å². The van der Waals surface area contributed by atoms with Crippen molar-refractivity contribution in [1.82, 2.24) is 25.9 Å². The number of halogens is 1. The zero-order chi connectivity index (χ0) is 17.1. The van der Waals surface area contributed by atoms with Crippen molar-refractivity contribution < 1.29 is 4.79 Å². The normalized spacial score (nSPS) is 20.4. The zero-order valence-electron chi connectivity index (χ0n) is 14.3. The second-order valence-electron chi connectivity index (χ2n) is 6.17. The van der Waals surface area contributed by atoms with Gasteiger partial charge in [0.25, 0.3) is 5.91 Å². The lowest BCUT2D eigenvalue weighted by atomic mass is 10.2. The van der Waals surface area contributed by atoms with Gasteiger partial charge in [0.15, 0.2) is 0 Å². The number of nitrogens with one attached hydrogen (secondary N) is 4. The Balaban J connectivity index is 0.00000196. The van der Waals surface area contributed by atoms with Crippen LogP contribution in [0.1, 0.15) is 0 Å². The number of H-pyrrole nitrogens is 1. The first-order valence-electron chi connectivity index (χ1n) is 8.57. The summed E-state index contributed by atoms with van der Waals surface area (Å²) in [7, 11) is 0. The number of aromatic amines is 1. The van der Waals surface area contributed by atoms with Crippen LogP contribution in [0, 0.1) is 0 Å². The standard InChI is InChI=1S/C17H22N6OS.ClH/c24-17(22-10-12-9-18-5-6-19-12)15-11-23(7-8-25-15)14-2-4-21-16-13(14)1-3-20-16;/h1-4,11-12,18-19H,5-10H2,(H,20,21)(H,22,24);1H. The largest absolute Gasteiger partial charge is 0.350 e. The van der Waals surface area contributed by atoms with Crippen molar-refractivity contribution >= 4 is 46.8 Å². The van der Waals surface area contributed by atoms with Gasteiger partial charge in [0.1, 0.15) is 5.65 Å². The number of hydrogen-bond acceptors (Lipinski definition) is 6. The van der Waals surface area contributed by atoms with Crippen LogP contribution in [-0.4, -0.2) is 60.4 Å². The monoisotopic (exact) mass is 394 g/mol.